The molecule has 1 atom stereocenters. The molecular formula is C20H23N3OS. The number of methoxy groups -OCH3 is 1. The summed E-state index contributed by atoms with van der Waals surface area (Å²) in [6.45, 7) is 3.12. The predicted molar refractivity (Wildman–Crippen MR) is 105 cm³/mol. The van der Waals surface area contributed by atoms with Gasteiger partial charge in [-0.15, -0.1) is 0 Å². The van der Waals surface area contributed by atoms with E-state index in [1.807, 2.05) is 12.1 Å². The van der Waals surface area contributed by atoms with Crippen LogP contribution in [0, 0.1) is 0 Å². The van der Waals surface area contributed by atoms with Crippen LogP contribution in [0.15, 0.2) is 48.5 Å². The first-order valence-electron chi connectivity index (χ1n) is 8.81. The Hall–Kier alpha value is -2.11. The van der Waals surface area contributed by atoms with E-state index in [1.165, 1.54) is 23.1 Å². The Kier molecular flexibility index (Phi) is 4.85. The summed E-state index contributed by atoms with van der Waals surface area (Å²) in [6.07, 6.45) is 2.54. The van der Waals surface area contributed by atoms with E-state index in [9.17, 15) is 0 Å². The molecule has 1 fully saturated rings. The lowest BCUT2D eigenvalue weighted by atomic mass is 10.0. The lowest BCUT2D eigenvalue weighted by Gasteiger charge is -2.29. The fraction of sp³-hybridized carbons (Fsp3) is 0.350. The Morgan fingerprint density at radius 1 is 1.12 bits per heavy atom. The van der Waals surface area contributed by atoms with Crippen LogP contribution >= 0.6 is 11.3 Å². The Labute approximate surface area is 152 Å². The zero-order chi connectivity index (χ0) is 17.1. The van der Waals surface area contributed by atoms with Gasteiger partial charge in [0.25, 0.3) is 0 Å². The van der Waals surface area contributed by atoms with Crippen LogP contribution in [-0.4, -0.2) is 36.6 Å². The van der Waals surface area contributed by atoms with Gasteiger partial charge in [-0.05, 0) is 44.1 Å². The quantitative estimate of drug-likeness (QED) is 0.705. The zero-order valence-corrected chi connectivity index (χ0v) is 15.3. The van der Waals surface area contributed by atoms with Gasteiger partial charge in [-0.3, -0.25) is 4.90 Å². The van der Waals surface area contributed by atoms with Crippen LogP contribution in [0.1, 0.15) is 24.4 Å². The van der Waals surface area contributed by atoms with Crippen LogP contribution in [-0.2, 0) is 0 Å². The summed E-state index contributed by atoms with van der Waals surface area (Å²) in [5.74, 6) is 0.963. The maximum Gasteiger partial charge on any atom is 0.183 e. The normalized spacial score (nSPS) is 16.2. The molecule has 1 saturated heterocycles. The van der Waals surface area contributed by atoms with E-state index >= 15 is 0 Å². The number of benzene rings is 2. The number of fused-ring (bicyclic) bond motifs is 1. The van der Waals surface area contributed by atoms with E-state index in [4.69, 9.17) is 9.72 Å². The molecule has 0 unspecified atom stereocenters. The molecule has 3 aromatic rings. The molecular weight excluding hydrogens is 330 g/mol. The Bertz CT molecular complexity index is 809. The van der Waals surface area contributed by atoms with Crippen molar-refractivity contribution < 1.29 is 4.74 Å². The molecule has 0 amide bonds. The smallest absolute Gasteiger partial charge is 0.183 e. The lowest BCUT2D eigenvalue weighted by Crippen LogP contribution is -2.31. The van der Waals surface area contributed by atoms with Crippen LogP contribution in [0.3, 0.4) is 0 Å². The summed E-state index contributed by atoms with van der Waals surface area (Å²) < 4.78 is 6.84. The largest absolute Gasteiger partial charge is 0.496 e. The predicted octanol–water partition coefficient (Wildman–Crippen LogP) is 4.55. The summed E-state index contributed by atoms with van der Waals surface area (Å²) in [5, 5.41) is 4.56. The second-order valence-electron chi connectivity index (χ2n) is 6.37. The molecule has 1 N–H and O–H groups in total. The van der Waals surface area contributed by atoms with Crippen LogP contribution in [0.4, 0.5) is 5.13 Å². The molecule has 0 saturated carbocycles. The van der Waals surface area contributed by atoms with Gasteiger partial charge in [0.2, 0.25) is 0 Å². The molecule has 0 spiro atoms. The van der Waals surface area contributed by atoms with Gasteiger partial charge in [-0.1, -0.05) is 41.7 Å². The van der Waals surface area contributed by atoms with Crippen LogP contribution in [0.2, 0.25) is 0 Å². The molecule has 25 heavy (non-hydrogen) atoms. The molecule has 2 heterocycles. The molecule has 1 aliphatic rings. The van der Waals surface area contributed by atoms with Crippen molar-refractivity contribution in [3.63, 3.8) is 0 Å². The van der Waals surface area contributed by atoms with Gasteiger partial charge < -0.3 is 10.1 Å². The number of nitrogens with one attached hydrogen (secondary N) is 1. The first kappa shape index (κ1) is 16.4. The highest BCUT2D eigenvalue weighted by atomic mass is 32.1. The third-order valence-electron chi connectivity index (χ3n) is 4.82. The summed E-state index contributed by atoms with van der Waals surface area (Å²) in [7, 11) is 1.75. The van der Waals surface area contributed by atoms with E-state index in [0.29, 0.717) is 6.04 Å². The minimum atomic E-state index is 0.297. The highest BCUT2D eigenvalue weighted by Gasteiger charge is 2.26. The number of aromatic nitrogens is 1. The molecule has 5 heteroatoms. The third kappa shape index (κ3) is 3.48. The molecule has 0 radical (unpaired) electrons. The second kappa shape index (κ2) is 7.42. The fourth-order valence-electron chi connectivity index (χ4n) is 3.56. The summed E-state index contributed by atoms with van der Waals surface area (Å²) >= 11 is 1.71. The van der Waals surface area contributed by atoms with Crippen molar-refractivity contribution in [2.45, 2.75) is 18.9 Å². The van der Waals surface area contributed by atoms with Gasteiger partial charge in [0, 0.05) is 12.1 Å². The number of thiazole rings is 1. The van der Waals surface area contributed by atoms with Crippen LogP contribution < -0.4 is 10.1 Å². The summed E-state index contributed by atoms with van der Waals surface area (Å²) in [5.41, 5.74) is 2.31. The van der Waals surface area contributed by atoms with Crippen molar-refractivity contribution in [3.8, 4) is 5.75 Å². The molecule has 4 nitrogen and oxygen atoms in total. The van der Waals surface area contributed by atoms with Gasteiger partial charge in [0.05, 0.1) is 23.4 Å². The lowest BCUT2D eigenvalue weighted by molar-refractivity contribution is 0.249. The highest BCUT2D eigenvalue weighted by molar-refractivity contribution is 7.22. The van der Waals surface area contributed by atoms with E-state index in [0.717, 1.165) is 36.0 Å². The number of likely N-dealkylation sites (tertiary alicyclic amines) is 1. The Morgan fingerprint density at radius 3 is 2.68 bits per heavy atom. The highest BCUT2D eigenvalue weighted by Crippen LogP contribution is 2.33. The molecule has 4 rings (SSSR count). The van der Waals surface area contributed by atoms with E-state index in [-0.39, 0.29) is 0 Å². The average molecular weight is 353 g/mol. The van der Waals surface area contributed by atoms with Gasteiger partial charge in [0.1, 0.15) is 5.75 Å². The molecule has 130 valence electrons. The van der Waals surface area contributed by atoms with Crippen molar-refractivity contribution in [3.05, 3.63) is 54.1 Å². The number of anilines is 1. The maximum atomic E-state index is 5.62. The standard InChI is InChI=1S/C20H23N3OS/c1-24-18-10-4-2-8-15(18)17(23-12-6-7-13-23)14-21-20-22-16-9-3-5-11-19(16)25-20/h2-5,8-11,17H,6-7,12-14H2,1H3,(H,21,22)/t17-/m0/s1. The first-order valence-corrected chi connectivity index (χ1v) is 9.63. The van der Waals surface area contributed by atoms with Crippen molar-refractivity contribution in [1.29, 1.82) is 0 Å². The van der Waals surface area contributed by atoms with E-state index in [1.54, 1.807) is 18.4 Å². The fourth-order valence-corrected chi connectivity index (χ4v) is 4.44. The summed E-state index contributed by atoms with van der Waals surface area (Å²) in [4.78, 5) is 7.26. The van der Waals surface area contributed by atoms with Crippen molar-refractivity contribution >= 4 is 26.7 Å². The topological polar surface area (TPSA) is 37.4 Å². The third-order valence-corrected chi connectivity index (χ3v) is 5.81. The van der Waals surface area contributed by atoms with Crippen LogP contribution in [0.5, 0.6) is 5.75 Å². The number of ether oxygens (including phenoxy) is 1. The molecule has 0 aliphatic carbocycles. The number of hydrogen-bond donors (Lipinski definition) is 1. The molecule has 1 aliphatic heterocycles. The minimum Gasteiger partial charge on any atom is -0.496 e. The number of rotatable bonds is 6. The monoisotopic (exact) mass is 353 g/mol. The van der Waals surface area contributed by atoms with Crippen molar-refractivity contribution in [2.24, 2.45) is 0 Å². The first-order chi connectivity index (χ1) is 12.3. The SMILES string of the molecule is COc1ccccc1[C@H](CNc1nc2ccccc2s1)N1CCCC1. The Morgan fingerprint density at radius 2 is 1.88 bits per heavy atom. The van der Waals surface area contributed by atoms with E-state index < -0.39 is 0 Å². The number of para-hydroxylation sites is 2. The molecule has 2 aromatic carbocycles. The second-order valence-corrected chi connectivity index (χ2v) is 7.40. The van der Waals surface area contributed by atoms with Gasteiger partial charge >= 0.3 is 0 Å². The summed E-state index contributed by atoms with van der Waals surface area (Å²) in [6, 6.07) is 16.9. The molecule has 1 aromatic heterocycles. The maximum absolute atomic E-state index is 5.62. The number of nitrogens with zero attached hydrogens (tertiary/aromatic N) is 2. The Balaban J connectivity index is 1.57. The van der Waals surface area contributed by atoms with Crippen LogP contribution in [0.25, 0.3) is 10.2 Å². The number of hydrogen-bond acceptors (Lipinski definition) is 5. The van der Waals surface area contributed by atoms with Gasteiger partial charge in [0.15, 0.2) is 5.13 Å². The van der Waals surface area contributed by atoms with Crippen molar-refractivity contribution in [1.82, 2.24) is 9.88 Å². The minimum absolute atomic E-state index is 0.297. The molecule has 0 bridgehead atoms. The van der Waals surface area contributed by atoms with Crippen molar-refractivity contribution in [2.75, 3.05) is 32.1 Å². The zero-order valence-electron chi connectivity index (χ0n) is 14.4. The van der Waals surface area contributed by atoms with E-state index in [2.05, 4.69) is 46.6 Å². The average Bonchev–Trinajstić information content (AvgIpc) is 3.31. The van der Waals surface area contributed by atoms with Gasteiger partial charge in [-0.2, -0.15) is 0 Å². The van der Waals surface area contributed by atoms with Gasteiger partial charge in [-0.25, -0.2) is 4.98 Å².